The smallest absolute Gasteiger partial charge is 0.364 e. The first-order chi connectivity index (χ1) is 2.21. The summed E-state index contributed by atoms with van der Waals surface area (Å²) in [5.41, 5.74) is 0. The largest absolute Gasteiger partial charge is 0.451 e. The molecular weight excluding hydrogens is 89.8 g/mol. The van der Waals surface area contributed by atoms with E-state index in [4.69, 9.17) is 4.89 Å². The summed E-state index contributed by atoms with van der Waals surface area (Å²) in [5.74, 6) is 0. The molecule has 1 N–H and O–H groups in total. The van der Waals surface area contributed by atoms with E-state index >= 15 is 0 Å². The second-order valence-electron chi connectivity index (χ2n) is 0.775. The highest BCUT2D eigenvalue weighted by Gasteiger charge is 2.39. The van der Waals surface area contributed by atoms with Crippen molar-refractivity contribution in [2.45, 2.75) is 0 Å². The number of rotatable bonds is 0. The maximum absolute atomic E-state index is 9.60. The molecule has 1 rings (SSSR count). The molecule has 1 unspecified atom stereocenters. The summed E-state index contributed by atoms with van der Waals surface area (Å²) in [6, 6.07) is 0. The molecule has 5 heavy (non-hydrogen) atoms. The first-order valence-corrected chi connectivity index (χ1v) is 2.71. The third kappa shape index (κ3) is 0.760. The lowest BCUT2D eigenvalue weighted by molar-refractivity contribution is 0.453. The molecule has 1 heterocycles. The van der Waals surface area contributed by atoms with Crippen molar-refractivity contribution in [1.29, 1.82) is 0 Å². The minimum atomic E-state index is -3.01. The predicted molar refractivity (Wildman–Crippen MR) is 16.7 cm³/mol. The predicted octanol–water partition coefficient (Wildman–Crippen LogP) is -0.264. The van der Waals surface area contributed by atoms with Gasteiger partial charge in [0.2, 0.25) is 0 Å². The molecule has 5 heteroatoms. The molecule has 3 nitrogen and oxygen atoms in total. The van der Waals surface area contributed by atoms with Gasteiger partial charge in [-0.3, -0.25) is 4.57 Å². The highest BCUT2D eigenvalue weighted by atomic mass is 31.2. The van der Waals surface area contributed by atoms with Crippen LogP contribution in [0.15, 0.2) is 0 Å². The standard InChI is InChI=1S/BHO3P/c2-5(3)1-4-5/h(H,2,3). The van der Waals surface area contributed by atoms with Gasteiger partial charge >= 0.3 is 7.20 Å². The second-order valence-corrected chi connectivity index (χ2v) is 2.32. The molecular formula is HBO3P. The van der Waals surface area contributed by atoms with Crippen molar-refractivity contribution in [1.82, 2.24) is 0 Å². The average molecular weight is 90.8 g/mol. The van der Waals surface area contributed by atoms with E-state index in [0.717, 1.165) is 7.20 Å². The molecule has 1 radical (unpaired) electrons. The van der Waals surface area contributed by atoms with Gasteiger partial charge < -0.3 is 9.33 Å². The molecule has 0 aromatic heterocycles. The summed E-state index contributed by atoms with van der Waals surface area (Å²) in [7, 11) is -2.09. The number of hydrogen-bond acceptors (Lipinski definition) is 2. The fourth-order valence-corrected chi connectivity index (χ4v) is 0.363. The van der Waals surface area contributed by atoms with Crippen LogP contribution in [-0.4, -0.2) is 12.1 Å². The first kappa shape index (κ1) is 3.41. The van der Waals surface area contributed by atoms with Crippen LogP contribution in [0, 0.1) is 0 Å². The lowest BCUT2D eigenvalue weighted by Gasteiger charge is -1.64. The van der Waals surface area contributed by atoms with Gasteiger partial charge in [0.05, 0.1) is 0 Å². The Morgan fingerprint density at radius 3 is 2.20 bits per heavy atom. The van der Waals surface area contributed by atoms with Gasteiger partial charge in [0.15, 0.2) is 0 Å². The van der Waals surface area contributed by atoms with Crippen LogP contribution < -0.4 is 0 Å². The molecule has 0 aromatic rings. The molecule has 0 saturated carbocycles. The summed E-state index contributed by atoms with van der Waals surface area (Å²) >= 11 is 0. The molecule has 0 aromatic carbocycles. The third-order valence-corrected chi connectivity index (χ3v) is 0.857. The highest BCUT2D eigenvalue weighted by Crippen LogP contribution is 2.54. The van der Waals surface area contributed by atoms with Crippen molar-refractivity contribution in [3.63, 3.8) is 0 Å². The van der Waals surface area contributed by atoms with Crippen LogP contribution in [0.1, 0.15) is 0 Å². The third-order valence-electron chi connectivity index (χ3n) is 0.286. The molecule has 1 atom stereocenters. The van der Waals surface area contributed by atoms with Gasteiger partial charge in [-0.1, -0.05) is 0 Å². The van der Waals surface area contributed by atoms with E-state index in [0.29, 0.717) is 0 Å². The molecule has 0 spiro atoms. The van der Waals surface area contributed by atoms with Crippen LogP contribution in [0.3, 0.4) is 0 Å². The van der Waals surface area contributed by atoms with Gasteiger partial charge in [0.1, 0.15) is 0 Å². The van der Waals surface area contributed by atoms with Gasteiger partial charge in [0.25, 0.3) is 7.47 Å². The Morgan fingerprint density at radius 2 is 2.20 bits per heavy atom. The van der Waals surface area contributed by atoms with Gasteiger partial charge in [0, 0.05) is 0 Å². The van der Waals surface area contributed by atoms with E-state index in [-0.39, 0.29) is 0 Å². The Hall–Kier alpha value is 0.215. The van der Waals surface area contributed by atoms with E-state index in [1.54, 1.807) is 0 Å². The quantitative estimate of drug-likeness (QED) is 0.253. The molecule has 1 aliphatic rings. The summed E-state index contributed by atoms with van der Waals surface area (Å²) in [4.78, 5) is 7.91. The lowest BCUT2D eigenvalue weighted by Crippen LogP contribution is -1.40. The normalized spacial score (nSPS) is 47.4. The van der Waals surface area contributed by atoms with Crippen molar-refractivity contribution >= 4 is 14.7 Å². The van der Waals surface area contributed by atoms with Crippen molar-refractivity contribution in [3.8, 4) is 0 Å². The summed E-state index contributed by atoms with van der Waals surface area (Å²) in [6.07, 6.45) is 0. The molecule has 0 bridgehead atoms. The Morgan fingerprint density at radius 1 is 2.00 bits per heavy atom. The molecule has 1 saturated heterocycles. The van der Waals surface area contributed by atoms with Crippen LogP contribution >= 0.6 is 7.47 Å². The molecule has 1 fully saturated rings. The van der Waals surface area contributed by atoms with E-state index in [1.807, 2.05) is 0 Å². The molecule has 1 aliphatic heterocycles. The number of hydrogen-bond donors (Lipinski definition) is 1. The van der Waals surface area contributed by atoms with Gasteiger partial charge in [-0.2, -0.15) is 0 Å². The van der Waals surface area contributed by atoms with Crippen molar-refractivity contribution < 1.29 is 13.9 Å². The maximum atomic E-state index is 9.60. The Bertz CT molecular complexity index is 78.9. The zero-order valence-electron chi connectivity index (χ0n) is 2.29. The molecule has 0 aliphatic carbocycles. The fraction of sp³-hybridized carbons (Fsp3) is 0. The summed E-state index contributed by atoms with van der Waals surface area (Å²) < 4.78 is 13.5. The average Bonchev–Trinajstić information content (AvgIpc) is 1.76. The topological polar surface area (TPSA) is 49.8 Å². The monoisotopic (exact) mass is 91.0 g/mol. The van der Waals surface area contributed by atoms with Crippen molar-refractivity contribution in [2.24, 2.45) is 0 Å². The van der Waals surface area contributed by atoms with Crippen LogP contribution in [0.4, 0.5) is 0 Å². The maximum Gasteiger partial charge on any atom is 0.451 e. The minimum Gasteiger partial charge on any atom is -0.364 e. The van der Waals surface area contributed by atoms with Crippen molar-refractivity contribution in [3.05, 3.63) is 0 Å². The molecule has 27 valence electrons. The van der Waals surface area contributed by atoms with Crippen LogP contribution in [0.2, 0.25) is 0 Å². The first-order valence-electron chi connectivity index (χ1n) is 1.06. The van der Waals surface area contributed by atoms with Crippen LogP contribution in [0.25, 0.3) is 0 Å². The SMILES string of the molecule is O=P1(O)[B]O1. The van der Waals surface area contributed by atoms with Crippen molar-refractivity contribution in [2.75, 3.05) is 0 Å². The van der Waals surface area contributed by atoms with Gasteiger partial charge in [-0.05, 0) is 0 Å². The summed E-state index contributed by atoms with van der Waals surface area (Å²) in [6.45, 7) is 0. The second kappa shape index (κ2) is 0.646. The minimum absolute atomic E-state index is 0.924. The van der Waals surface area contributed by atoms with Crippen LogP contribution in [0.5, 0.6) is 0 Å². The summed E-state index contributed by atoms with van der Waals surface area (Å²) in [5, 5.41) is 0. The van der Waals surface area contributed by atoms with Crippen LogP contribution in [-0.2, 0) is 9.01 Å². The van der Waals surface area contributed by atoms with E-state index in [1.165, 1.54) is 0 Å². The van der Waals surface area contributed by atoms with E-state index in [2.05, 4.69) is 4.44 Å². The fourth-order valence-electron chi connectivity index (χ4n) is 0.0403. The Balaban J connectivity index is 2.72. The van der Waals surface area contributed by atoms with Gasteiger partial charge in [-0.25, -0.2) is 0 Å². The zero-order valence-corrected chi connectivity index (χ0v) is 3.18. The lowest BCUT2D eigenvalue weighted by atomic mass is 10.6. The Kier molecular flexibility index (Phi) is 0.440. The highest BCUT2D eigenvalue weighted by molar-refractivity contribution is 7.93. The van der Waals surface area contributed by atoms with E-state index < -0.39 is 7.47 Å². The van der Waals surface area contributed by atoms with Gasteiger partial charge in [-0.15, -0.1) is 0 Å². The molecule has 0 amide bonds. The Labute approximate surface area is 29.7 Å². The van der Waals surface area contributed by atoms with E-state index in [9.17, 15) is 4.57 Å². The zero-order chi connectivity index (χ0) is 3.91.